The molecule has 0 N–H and O–H groups in total. The molecule has 0 unspecified atom stereocenters. The topological polar surface area (TPSA) is 43.4 Å². The zero-order valence-corrected chi connectivity index (χ0v) is 14.7. The average Bonchev–Trinajstić information content (AvgIpc) is 2.93. The van der Waals surface area contributed by atoms with Gasteiger partial charge in [0, 0.05) is 23.8 Å². The minimum absolute atomic E-state index is 0.174. The Bertz CT molecular complexity index is 551. The second-order valence-electron chi connectivity index (χ2n) is 7.68. The smallest absolute Gasteiger partial charge is 0.163 e. The summed E-state index contributed by atoms with van der Waals surface area (Å²) in [6.45, 7) is 5.92. The third-order valence-electron chi connectivity index (χ3n) is 4.96. The Morgan fingerprint density at radius 1 is 1.04 bits per heavy atom. The van der Waals surface area contributed by atoms with Crippen LogP contribution in [0, 0.1) is 17.3 Å². The van der Waals surface area contributed by atoms with Crippen molar-refractivity contribution < 1.29 is 14.3 Å². The minimum Gasteiger partial charge on any atom is -0.497 e. The molecule has 0 radical (unpaired) electrons. The zero-order chi connectivity index (χ0) is 17.0. The molecule has 0 spiro atoms. The number of benzene rings is 1. The molecule has 1 aliphatic carbocycles. The normalized spacial score (nSPS) is 21.2. The van der Waals surface area contributed by atoms with E-state index < -0.39 is 0 Å². The van der Waals surface area contributed by atoms with Crippen molar-refractivity contribution in [3.63, 3.8) is 0 Å². The lowest BCUT2D eigenvalue weighted by Crippen LogP contribution is -2.25. The highest BCUT2D eigenvalue weighted by Gasteiger charge is 2.33. The predicted octanol–water partition coefficient (Wildman–Crippen LogP) is 4.69. The van der Waals surface area contributed by atoms with Crippen molar-refractivity contribution in [2.24, 2.45) is 17.3 Å². The molecular formula is C20H28O3. The van der Waals surface area contributed by atoms with Crippen LogP contribution in [0.5, 0.6) is 5.75 Å². The summed E-state index contributed by atoms with van der Waals surface area (Å²) in [6, 6.07) is 7.29. The summed E-state index contributed by atoms with van der Waals surface area (Å²) < 4.78 is 5.13. The van der Waals surface area contributed by atoms with Crippen molar-refractivity contribution in [3.8, 4) is 5.75 Å². The first-order valence-corrected chi connectivity index (χ1v) is 8.52. The van der Waals surface area contributed by atoms with Crippen LogP contribution in [0.2, 0.25) is 0 Å². The molecule has 0 heterocycles. The van der Waals surface area contributed by atoms with Crippen molar-refractivity contribution in [1.82, 2.24) is 0 Å². The standard InChI is InChI=1S/C20H28O3/c1-20(2,3)19(22)13-16-7-5-6-15(16)12-18(21)14-8-10-17(23-4)11-9-14/h8-11,15-16H,5-7,12-13H2,1-4H3/t15-,16-/m0/s1. The largest absolute Gasteiger partial charge is 0.497 e. The summed E-state index contributed by atoms with van der Waals surface area (Å²) in [5.41, 5.74) is 0.450. The van der Waals surface area contributed by atoms with Gasteiger partial charge in [-0.25, -0.2) is 0 Å². The molecule has 3 nitrogen and oxygen atoms in total. The van der Waals surface area contributed by atoms with Crippen molar-refractivity contribution in [1.29, 1.82) is 0 Å². The van der Waals surface area contributed by atoms with Gasteiger partial charge < -0.3 is 4.74 Å². The summed E-state index contributed by atoms with van der Waals surface area (Å²) in [5.74, 6) is 1.95. The number of ether oxygens (including phenoxy) is 1. The number of ketones is 2. The van der Waals surface area contributed by atoms with Crippen molar-refractivity contribution in [2.75, 3.05) is 7.11 Å². The summed E-state index contributed by atoms with van der Waals surface area (Å²) >= 11 is 0. The first-order valence-electron chi connectivity index (χ1n) is 8.52. The van der Waals surface area contributed by atoms with Gasteiger partial charge in [-0.1, -0.05) is 27.2 Å². The first kappa shape index (κ1) is 17.7. The fourth-order valence-electron chi connectivity index (χ4n) is 3.33. The maximum absolute atomic E-state index is 12.5. The molecule has 0 aromatic heterocycles. The lowest BCUT2D eigenvalue weighted by molar-refractivity contribution is -0.127. The van der Waals surface area contributed by atoms with Crippen LogP contribution in [0.15, 0.2) is 24.3 Å². The molecule has 1 aliphatic rings. The van der Waals surface area contributed by atoms with Crippen LogP contribution in [-0.2, 0) is 4.79 Å². The van der Waals surface area contributed by atoms with Crippen LogP contribution in [0.4, 0.5) is 0 Å². The molecule has 0 saturated heterocycles. The minimum atomic E-state index is -0.285. The van der Waals surface area contributed by atoms with Crippen LogP contribution in [0.25, 0.3) is 0 Å². The van der Waals surface area contributed by atoms with Crippen LogP contribution in [0.1, 0.15) is 63.2 Å². The van der Waals surface area contributed by atoms with Gasteiger partial charge in [0.2, 0.25) is 0 Å². The predicted molar refractivity (Wildman–Crippen MR) is 91.9 cm³/mol. The molecule has 3 heteroatoms. The Kier molecular flexibility index (Phi) is 5.61. The highest BCUT2D eigenvalue weighted by atomic mass is 16.5. The van der Waals surface area contributed by atoms with E-state index in [1.165, 1.54) is 0 Å². The van der Waals surface area contributed by atoms with Gasteiger partial charge in [-0.15, -0.1) is 0 Å². The van der Waals surface area contributed by atoms with E-state index in [9.17, 15) is 9.59 Å². The van der Waals surface area contributed by atoms with E-state index in [0.29, 0.717) is 30.5 Å². The Hall–Kier alpha value is -1.64. The van der Waals surface area contributed by atoms with Crippen molar-refractivity contribution >= 4 is 11.6 Å². The maximum atomic E-state index is 12.5. The van der Waals surface area contributed by atoms with Crippen molar-refractivity contribution in [3.05, 3.63) is 29.8 Å². The van der Waals surface area contributed by atoms with E-state index in [-0.39, 0.29) is 11.2 Å². The zero-order valence-electron chi connectivity index (χ0n) is 14.7. The molecule has 126 valence electrons. The number of hydrogen-bond acceptors (Lipinski definition) is 3. The Balaban J connectivity index is 1.97. The summed E-state index contributed by atoms with van der Waals surface area (Å²) in [4.78, 5) is 24.8. The number of carbonyl (C=O) groups excluding carboxylic acids is 2. The van der Waals surface area contributed by atoms with E-state index in [2.05, 4.69) is 0 Å². The Labute approximate surface area is 139 Å². The summed E-state index contributed by atoms with van der Waals surface area (Å²) in [7, 11) is 1.62. The molecule has 2 rings (SSSR count). The molecular weight excluding hydrogens is 288 g/mol. The van der Waals surface area contributed by atoms with Crippen LogP contribution in [0.3, 0.4) is 0 Å². The lowest BCUT2D eigenvalue weighted by atomic mass is 9.80. The maximum Gasteiger partial charge on any atom is 0.163 e. The summed E-state index contributed by atoms with van der Waals surface area (Å²) in [5, 5.41) is 0. The van der Waals surface area contributed by atoms with Gasteiger partial charge in [-0.05, 0) is 48.9 Å². The van der Waals surface area contributed by atoms with E-state index in [1.807, 2.05) is 45.0 Å². The SMILES string of the molecule is COc1ccc(C(=O)C[C@@H]2CCC[C@H]2CC(=O)C(C)(C)C)cc1. The number of hydrogen-bond donors (Lipinski definition) is 0. The number of rotatable bonds is 6. The molecule has 2 atom stereocenters. The highest BCUT2D eigenvalue weighted by molar-refractivity contribution is 5.96. The van der Waals surface area contributed by atoms with Crippen LogP contribution >= 0.6 is 0 Å². The quantitative estimate of drug-likeness (QED) is 0.715. The number of Topliss-reactive ketones (excluding diaryl/α,β-unsaturated/α-hetero) is 2. The van der Waals surface area contributed by atoms with Gasteiger partial charge in [0.15, 0.2) is 5.78 Å². The van der Waals surface area contributed by atoms with Gasteiger partial charge in [0.25, 0.3) is 0 Å². The molecule has 0 aliphatic heterocycles. The van der Waals surface area contributed by atoms with Crippen molar-refractivity contribution in [2.45, 2.75) is 52.9 Å². The second-order valence-corrected chi connectivity index (χ2v) is 7.68. The lowest BCUT2D eigenvalue weighted by Gasteiger charge is -2.23. The fraction of sp³-hybridized carbons (Fsp3) is 0.600. The molecule has 0 amide bonds. The van der Waals surface area contributed by atoms with Gasteiger partial charge in [0.1, 0.15) is 11.5 Å². The van der Waals surface area contributed by atoms with Crippen LogP contribution in [-0.4, -0.2) is 18.7 Å². The number of methoxy groups -OCH3 is 1. The summed E-state index contributed by atoms with van der Waals surface area (Å²) in [6.07, 6.45) is 4.42. The molecule has 1 fully saturated rings. The monoisotopic (exact) mass is 316 g/mol. The van der Waals surface area contributed by atoms with Gasteiger partial charge in [-0.2, -0.15) is 0 Å². The molecule has 1 aromatic rings. The Morgan fingerprint density at radius 3 is 2.13 bits per heavy atom. The van der Waals surface area contributed by atoms with E-state index in [0.717, 1.165) is 30.6 Å². The third-order valence-corrected chi connectivity index (χ3v) is 4.96. The average molecular weight is 316 g/mol. The molecule has 0 bridgehead atoms. The number of carbonyl (C=O) groups is 2. The molecule has 1 saturated carbocycles. The fourth-order valence-corrected chi connectivity index (χ4v) is 3.33. The highest BCUT2D eigenvalue weighted by Crippen LogP contribution is 2.38. The molecule has 1 aromatic carbocycles. The third kappa shape index (κ3) is 4.66. The van der Waals surface area contributed by atoms with Gasteiger partial charge in [-0.3, -0.25) is 9.59 Å². The molecule has 23 heavy (non-hydrogen) atoms. The van der Waals surface area contributed by atoms with Crippen LogP contribution < -0.4 is 4.74 Å². The van der Waals surface area contributed by atoms with Gasteiger partial charge in [0.05, 0.1) is 7.11 Å². The Morgan fingerprint density at radius 2 is 1.61 bits per heavy atom. The first-order chi connectivity index (χ1) is 10.8. The van der Waals surface area contributed by atoms with E-state index >= 15 is 0 Å². The van der Waals surface area contributed by atoms with E-state index in [1.54, 1.807) is 7.11 Å². The van der Waals surface area contributed by atoms with E-state index in [4.69, 9.17) is 4.74 Å². The van der Waals surface area contributed by atoms with Gasteiger partial charge >= 0.3 is 0 Å². The second kappa shape index (κ2) is 7.29.